The summed E-state index contributed by atoms with van der Waals surface area (Å²) in [6.07, 6.45) is 3.60. The highest BCUT2D eigenvalue weighted by Gasteiger charge is 2.47. The van der Waals surface area contributed by atoms with Crippen LogP contribution in [-0.4, -0.2) is 157 Å². The quantitative estimate of drug-likeness (QED) is 0.0108. The fourth-order valence-corrected chi connectivity index (χ4v) is 9.19. The van der Waals surface area contributed by atoms with Crippen LogP contribution >= 0.6 is 0 Å². The summed E-state index contributed by atoms with van der Waals surface area (Å²) in [6.45, 7) is 6.61. The molecule has 430 valence electrons. The number of Topliss-reactive ketones (excluding diaryl/α,β-unsaturated/α-hetero) is 1. The van der Waals surface area contributed by atoms with Crippen molar-refractivity contribution in [3.05, 3.63) is 79.7 Å². The number of anilines is 3. The lowest BCUT2D eigenvalue weighted by atomic mass is 9.89. The number of aliphatic hydroxyl groups is 2. The highest BCUT2D eigenvalue weighted by atomic mass is 32.2. The number of aromatic nitrogens is 4. The normalized spacial score (nSPS) is 19.0. The number of hydrogen-bond acceptors (Lipinski definition) is 17. The summed E-state index contributed by atoms with van der Waals surface area (Å²) in [6, 6.07) is 12.3. The molecule has 26 nitrogen and oxygen atoms in total. The Hall–Kier alpha value is -7.00. The minimum absolute atomic E-state index is 0. The van der Waals surface area contributed by atoms with Gasteiger partial charge >= 0.3 is 6.03 Å². The van der Waals surface area contributed by atoms with E-state index in [1.165, 1.54) is 22.1 Å². The first-order valence-corrected chi connectivity index (χ1v) is 27.0. The molecule has 2 saturated heterocycles. The number of urea groups is 1. The number of nitrogens with two attached hydrogens (primary N) is 2. The first kappa shape index (κ1) is 62.8. The van der Waals surface area contributed by atoms with E-state index in [0.717, 1.165) is 5.56 Å². The summed E-state index contributed by atoms with van der Waals surface area (Å²) < 4.78 is 51.1. The molecule has 2 aromatic heterocycles. The van der Waals surface area contributed by atoms with Gasteiger partial charge in [0.1, 0.15) is 18.3 Å². The number of imidazole rings is 1. The number of rotatable bonds is 31. The number of benzene rings is 2. The van der Waals surface area contributed by atoms with Crippen LogP contribution in [-0.2, 0) is 59.7 Å². The van der Waals surface area contributed by atoms with E-state index in [9.17, 15) is 47.4 Å². The Labute approximate surface area is 458 Å². The minimum Gasteiger partial charge on any atom is -0.387 e. The summed E-state index contributed by atoms with van der Waals surface area (Å²) in [7, 11) is -4.14. The van der Waals surface area contributed by atoms with Crippen LogP contribution in [0.3, 0.4) is 0 Å². The molecule has 7 atom stereocenters. The van der Waals surface area contributed by atoms with Crippen molar-refractivity contribution in [3.63, 3.8) is 0 Å². The van der Waals surface area contributed by atoms with Gasteiger partial charge in [-0.3, -0.25) is 28.9 Å². The number of nitrogens with one attached hydrogen (secondary N) is 5. The zero-order valence-electron chi connectivity index (χ0n) is 44.7. The van der Waals surface area contributed by atoms with Crippen molar-refractivity contribution in [2.24, 2.45) is 28.6 Å². The molecule has 2 aromatic carbocycles. The van der Waals surface area contributed by atoms with Gasteiger partial charge in [0.2, 0.25) is 42.0 Å². The number of carbonyl (C=O) groups excluding carboxylic acids is 6. The van der Waals surface area contributed by atoms with Crippen LogP contribution in [0.2, 0.25) is 0 Å². The molecule has 0 spiro atoms. The highest BCUT2D eigenvalue weighted by Crippen LogP contribution is 2.33. The molecule has 2 aliphatic rings. The van der Waals surface area contributed by atoms with E-state index in [1.807, 2.05) is 0 Å². The lowest BCUT2D eigenvalue weighted by Crippen LogP contribution is -2.45. The Morgan fingerprint density at radius 2 is 1.67 bits per heavy atom. The van der Waals surface area contributed by atoms with Crippen molar-refractivity contribution < 1.29 is 70.9 Å². The van der Waals surface area contributed by atoms with Gasteiger partial charge < -0.3 is 63.6 Å². The van der Waals surface area contributed by atoms with Crippen LogP contribution in [0.25, 0.3) is 11.2 Å². The molecule has 11 N–H and O–H groups in total. The number of terminal acetylenes is 1. The van der Waals surface area contributed by atoms with E-state index in [2.05, 4.69) is 41.9 Å². The Morgan fingerprint density at radius 3 is 2.32 bits per heavy atom. The molecule has 6 rings (SSSR count). The summed E-state index contributed by atoms with van der Waals surface area (Å²) >= 11 is 0. The Balaban J connectivity index is 0.0000115. The number of ether oxygens (including phenoxy) is 4. The van der Waals surface area contributed by atoms with Crippen molar-refractivity contribution in [2.75, 3.05) is 69.9 Å². The van der Waals surface area contributed by atoms with Crippen LogP contribution in [0.15, 0.2) is 61.2 Å². The molecular weight excluding hydrogens is 1050 g/mol. The van der Waals surface area contributed by atoms with E-state index in [1.54, 1.807) is 73.9 Å². The molecule has 27 heteroatoms. The summed E-state index contributed by atoms with van der Waals surface area (Å²) in [5.41, 5.74) is 8.34. The van der Waals surface area contributed by atoms with Gasteiger partial charge in [-0.05, 0) is 54.7 Å². The molecule has 4 aromatic rings. The molecule has 0 radical (unpaired) electrons. The molecule has 2 aliphatic heterocycles. The van der Waals surface area contributed by atoms with Gasteiger partial charge in [-0.1, -0.05) is 49.9 Å². The molecule has 6 amide bonds. The van der Waals surface area contributed by atoms with Crippen molar-refractivity contribution in [3.8, 4) is 12.3 Å². The highest BCUT2D eigenvalue weighted by molar-refractivity contribution is 7.87. The van der Waals surface area contributed by atoms with Crippen LogP contribution < -0.4 is 41.4 Å². The first-order valence-electron chi connectivity index (χ1n) is 25.4. The molecule has 4 heterocycles. The average Bonchev–Trinajstić information content (AvgIpc) is 4.28. The second-order valence-electron chi connectivity index (χ2n) is 19.2. The third-order valence-corrected chi connectivity index (χ3v) is 13.4. The zero-order valence-corrected chi connectivity index (χ0v) is 45.5. The lowest BCUT2D eigenvalue weighted by molar-refractivity contribution is -0.668. The molecule has 2 fully saturated rings. The number of nitrogens with zero attached hydrogens (tertiary/aromatic N) is 5. The molecule has 1 unspecified atom stereocenters. The van der Waals surface area contributed by atoms with Crippen molar-refractivity contribution >= 4 is 74.0 Å². The van der Waals surface area contributed by atoms with Crippen molar-refractivity contribution in [1.82, 2.24) is 34.8 Å². The number of ketones is 1. The van der Waals surface area contributed by atoms with Gasteiger partial charge in [0, 0.05) is 61.1 Å². The van der Waals surface area contributed by atoms with Crippen molar-refractivity contribution in [1.29, 1.82) is 0 Å². The zero-order chi connectivity index (χ0) is 56.5. The predicted molar refractivity (Wildman–Crippen MR) is 287 cm³/mol. The number of amides is 6. The van der Waals surface area contributed by atoms with Crippen LogP contribution in [0, 0.1) is 37.5 Å². The van der Waals surface area contributed by atoms with E-state index in [-0.39, 0.29) is 122 Å². The number of hydrogen-bond donors (Lipinski definition) is 9. The van der Waals surface area contributed by atoms with Gasteiger partial charge in [-0.15, -0.1) is 6.42 Å². The van der Waals surface area contributed by atoms with E-state index >= 15 is 0 Å². The van der Waals surface area contributed by atoms with E-state index in [4.69, 9.17) is 36.2 Å². The number of imide groups is 1. The maximum atomic E-state index is 14.0. The van der Waals surface area contributed by atoms with Crippen LogP contribution in [0.5, 0.6) is 0 Å². The summed E-state index contributed by atoms with van der Waals surface area (Å²) in [5.74, 6) is -0.220. The third-order valence-electron chi connectivity index (χ3n) is 12.9. The third kappa shape index (κ3) is 18.3. The fraction of sp³-hybridized carbons (Fsp3) is 0.500. The SMILES string of the molecule is C#Cc1cccc(Nc2nc[n+](Cc3ccc(NC(=O)[C@H](CCCNC(N)=O)CC(=O)[C@@H](NC(=O)CCOCCOCCOCCN4C(=O)CC(C)C4=O)C(C)C)cc3)c3c2ncn3[C@@H]2O[C@H](CNS(N)(=O)=O)[C@@H](O)[C@H]2O)c1.[CH3-]. The predicted octanol–water partition coefficient (Wildman–Crippen LogP) is 0.293. The Bertz CT molecular complexity index is 2900. The first-order chi connectivity index (χ1) is 37.2. The van der Waals surface area contributed by atoms with Crippen LogP contribution in [0.1, 0.15) is 70.2 Å². The maximum absolute atomic E-state index is 14.0. The fourth-order valence-electron chi connectivity index (χ4n) is 8.79. The monoisotopic (exact) mass is 1120 g/mol. The van der Waals surface area contributed by atoms with Gasteiger partial charge in [-0.2, -0.15) is 13.1 Å². The van der Waals surface area contributed by atoms with Gasteiger partial charge in [0.15, 0.2) is 17.6 Å². The van der Waals surface area contributed by atoms with Crippen molar-refractivity contribution in [2.45, 2.75) is 90.0 Å². The number of aliphatic hydroxyl groups excluding tert-OH is 2. The van der Waals surface area contributed by atoms with Gasteiger partial charge in [0.05, 0.1) is 58.8 Å². The second kappa shape index (κ2) is 29.8. The maximum Gasteiger partial charge on any atom is 0.312 e. The Kier molecular flexibility index (Phi) is 23.7. The van der Waals surface area contributed by atoms with Gasteiger partial charge in [-0.25, -0.2) is 24.1 Å². The molecule has 0 aliphatic carbocycles. The molecule has 0 bridgehead atoms. The van der Waals surface area contributed by atoms with Crippen LogP contribution in [0.4, 0.5) is 22.0 Å². The van der Waals surface area contributed by atoms with E-state index < -0.39 is 71.1 Å². The lowest BCUT2D eigenvalue weighted by Gasteiger charge is -2.24. The number of primary amides is 1. The minimum atomic E-state index is -4.14. The molecule has 0 saturated carbocycles. The number of fused-ring (bicyclic) bond motifs is 1. The average molecular weight is 1120 g/mol. The largest absolute Gasteiger partial charge is 0.387 e. The van der Waals surface area contributed by atoms with E-state index in [0.29, 0.717) is 40.3 Å². The smallest absolute Gasteiger partial charge is 0.312 e. The number of likely N-dealkylation sites (tertiary alicyclic amines) is 1. The van der Waals surface area contributed by atoms with Gasteiger partial charge in [0.25, 0.3) is 15.9 Å². The number of carbonyl (C=O) groups is 6. The Morgan fingerprint density at radius 1 is 0.975 bits per heavy atom. The molecule has 79 heavy (non-hydrogen) atoms. The summed E-state index contributed by atoms with van der Waals surface area (Å²) in [4.78, 5) is 86.6. The molecular formula is C52H72N12O14S. The topological polar surface area (TPSA) is 364 Å². The summed E-state index contributed by atoms with van der Waals surface area (Å²) in [5, 5.41) is 38.6. The second-order valence-corrected chi connectivity index (χ2v) is 20.6. The standard InChI is InChI=1S/C51H68N12O14S.CH3/c1-5-33-8-6-10-37(25-33)58-46-43-48(63(30-55-43)50-45(68)44(67)39(77-50)27-57-78(53,72)73)61(29-56-46)28-34-11-13-36(14-12-34)59-47(69)35(9-7-16-54-51(52)71)26-38(64)42(31(2)3)60-40(65)15-18-74-20-22-76-23-21-75-19-17-62-41(66)24-32(4)49(62)70;/h1,6,8,10-14,25,29-32,35,39,42,44-45,50,57,67-68H,7,9,15-24,26-28H2,2-4H3,(H7,52,53,54,59,60,65,69,71,72,73);1H3/q;-1/p+1/t32?,35-,39-,42+,44-,45-,50-;/m1./s1.